The second-order valence-electron chi connectivity index (χ2n) is 8.96. The molecule has 1 atom stereocenters. The topological polar surface area (TPSA) is 55.4 Å². The number of thiophene rings is 1. The summed E-state index contributed by atoms with van der Waals surface area (Å²) in [6, 6.07) is 8.30. The molecule has 4 nitrogen and oxygen atoms in total. The third-order valence-electron chi connectivity index (χ3n) is 5.75. The molecule has 3 rings (SSSR count). The number of hydrogen-bond acceptors (Lipinski definition) is 5. The number of methoxy groups -OCH3 is 1. The Labute approximate surface area is 187 Å². The van der Waals surface area contributed by atoms with Gasteiger partial charge in [0.05, 0.1) is 12.7 Å². The van der Waals surface area contributed by atoms with Gasteiger partial charge in [0.2, 0.25) is 5.91 Å². The van der Waals surface area contributed by atoms with E-state index in [1.807, 2.05) is 0 Å². The van der Waals surface area contributed by atoms with Gasteiger partial charge in [0, 0.05) is 21.9 Å². The molecule has 1 unspecified atom stereocenters. The minimum absolute atomic E-state index is 0.0641. The average molecular weight is 446 g/mol. The van der Waals surface area contributed by atoms with Gasteiger partial charge in [0.1, 0.15) is 5.00 Å². The zero-order valence-corrected chi connectivity index (χ0v) is 20.1. The lowest BCUT2D eigenvalue weighted by Crippen LogP contribution is -2.26. The first-order valence-corrected chi connectivity index (χ1v) is 12.2. The van der Waals surface area contributed by atoms with Crippen molar-refractivity contribution in [3.05, 3.63) is 45.8 Å². The lowest BCUT2D eigenvalue weighted by Gasteiger charge is -2.33. The van der Waals surface area contributed by atoms with Gasteiger partial charge in [0.15, 0.2) is 0 Å². The fraction of sp³-hybridized carbons (Fsp3) is 0.500. The maximum atomic E-state index is 12.6. The zero-order valence-electron chi connectivity index (χ0n) is 18.5. The number of rotatable bonds is 6. The molecular weight excluding hydrogens is 414 g/mol. The average Bonchev–Trinajstić information content (AvgIpc) is 3.05. The number of anilines is 1. The van der Waals surface area contributed by atoms with Crippen LogP contribution in [0.15, 0.2) is 29.2 Å². The van der Waals surface area contributed by atoms with E-state index in [-0.39, 0.29) is 17.3 Å². The molecule has 1 amide bonds. The third-order valence-corrected chi connectivity index (χ3v) is 7.93. The van der Waals surface area contributed by atoms with Gasteiger partial charge < -0.3 is 10.1 Å². The molecule has 1 aromatic carbocycles. The van der Waals surface area contributed by atoms with Gasteiger partial charge in [-0.2, -0.15) is 0 Å². The number of aryl methyl sites for hydroxylation is 1. The van der Waals surface area contributed by atoms with Crippen molar-refractivity contribution in [1.82, 2.24) is 0 Å². The Bertz CT molecular complexity index is 910. The van der Waals surface area contributed by atoms with Crippen LogP contribution in [0, 0.1) is 18.3 Å². The van der Waals surface area contributed by atoms with Crippen molar-refractivity contribution in [2.45, 2.75) is 58.3 Å². The highest BCUT2D eigenvalue weighted by Crippen LogP contribution is 2.44. The number of amides is 1. The van der Waals surface area contributed by atoms with E-state index in [0.717, 1.165) is 29.7 Å². The Morgan fingerprint density at radius 2 is 1.93 bits per heavy atom. The van der Waals surface area contributed by atoms with Crippen LogP contribution in [-0.2, 0) is 22.4 Å². The molecule has 0 spiro atoms. The molecule has 1 aliphatic rings. The number of benzene rings is 1. The van der Waals surface area contributed by atoms with Crippen LogP contribution in [0.5, 0.6) is 0 Å². The highest BCUT2D eigenvalue weighted by atomic mass is 32.2. The second kappa shape index (κ2) is 9.56. The lowest BCUT2D eigenvalue weighted by atomic mass is 9.72. The van der Waals surface area contributed by atoms with E-state index >= 15 is 0 Å². The van der Waals surface area contributed by atoms with E-state index in [9.17, 15) is 9.59 Å². The molecule has 1 aromatic heterocycles. The smallest absolute Gasteiger partial charge is 0.341 e. The lowest BCUT2D eigenvalue weighted by molar-refractivity contribution is -0.115. The molecule has 6 heteroatoms. The molecule has 1 aliphatic carbocycles. The number of esters is 1. The van der Waals surface area contributed by atoms with Crippen LogP contribution in [0.25, 0.3) is 0 Å². The van der Waals surface area contributed by atoms with Gasteiger partial charge in [0.25, 0.3) is 0 Å². The molecular formula is C24H31NO3S2. The van der Waals surface area contributed by atoms with Crippen LogP contribution >= 0.6 is 23.1 Å². The van der Waals surface area contributed by atoms with E-state index in [2.05, 4.69) is 57.3 Å². The Kier molecular flexibility index (Phi) is 7.30. The number of ether oxygens (including phenoxy) is 1. The van der Waals surface area contributed by atoms with Crippen molar-refractivity contribution in [3.8, 4) is 0 Å². The summed E-state index contributed by atoms with van der Waals surface area (Å²) in [4.78, 5) is 27.4. The first-order chi connectivity index (χ1) is 14.2. The Morgan fingerprint density at radius 1 is 1.23 bits per heavy atom. The molecule has 0 bridgehead atoms. The number of carbonyl (C=O) groups is 2. The van der Waals surface area contributed by atoms with Crippen LogP contribution in [0.4, 0.5) is 5.00 Å². The molecule has 162 valence electrons. The minimum Gasteiger partial charge on any atom is -0.465 e. The number of hydrogen-bond donors (Lipinski definition) is 1. The molecule has 1 heterocycles. The number of nitrogens with one attached hydrogen (secondary N) is 1. The van der Waals surface area contributed by atoms with Crippen LogP contribution in [0.3, 0.4) is 0 Å². The van der Waals surface area contributed by atoms with Gasteiger partial charge in [-0.15, -0.1) is 23.1 Å². The van der Waals surface area contributed by atoms with Crippen LogP contribution in [0.2, 0.25) is 0 Å². The summed E-state index contributed by atoms with van der Waals surface area (Å²) in [7, 11) is 1.40. The fourth-order valence-electron chi connectivity index (χ4n) is 3.82. The van der Waals surface area contributed by atoms with Gasteiger partial charge in [-0.1, -0.05) is 38.5 Å². The maximum absolute atomic E-state index is 12.6. The van der Waals surface area contributed by atoms with E-state index in [0.29, 0.717) is 28.7 Å². The first-order valence-electron chi connectivity index (χ1n) is 10.4. The molecule has 30 heavy (non-hydrogen) atoms. The van der Waals surface area contributed by atoms with Crippen LogP contribution in [-0.4, -0.2) is 24.7 Å². The molecule has 0 saturated heterocycles. The molecule has 0 saturated carbocycles. The molecule has 0 radical (unpaired) electrons. The number of thioether (sulfide) groups is 1. The predicted octanol–water partition coefficient (Wildman–Crippen LogP) is 6.12. The normalized spacial score (nSPS) is 16.1. The summed E-state index contributed by atoms with van der Waals surface area (Å²) >= 11 is 3.21. The predicted molar refractivity (Wildman–Crippen MR) is 126 cm³/mol. The van der Waals surface area contributed by atoms with Crippen molar-refractivity contribution >= 4 is 40.0 Å². The molecule has 0 fully saturated rings. The van der Waals surface area contributed by atoms with Crippen molar-refractivity contribution in [3.63, 3.8) is 0 Å². The van der Waals surface area contributed by atoms with Crippen molar-refractivity contribution in [2.24, 2.45) is 11.3 Å². The second-order valence-corrected chi connectivity index (χ2v) is 11.2. The van der Waals surface area contributed by atoms with Gasteiger partial charge in [-0.05, 0) is 55.2 Å². The highest BCUT2D eigenvalue weighted by Gasteiger charge is 2.34. The first kappa shape index (κ1) is 22.9. The van der Waals surface area contributed by atoms with E-state index in [4.69, 9.17) is 4.74 Å². The minimum atomic E-state index is -0.356. The van der Waals surface area contributed by atoms with E-state index < -0.39 is 0 Å². The summed E-state index contributed by atoms with van der Waals surface area (Å²) in [5.41, 5.74) is 3.08. The quantitative estimate of drug-likeness (QED) is 0.430. The van der Waals surface area contributed by atoms with Crippen LogP contribution in [0.1, 0.15) is 60.0 Å². The van der Waals surface area contributed by atoms with Gasteiger partial charge in [-0.25, -0.2) is 4.79 Å². The van der Waals surface area contributed by atoms with E-state index in [1.54, 1.807) is 23.1 Å². The Morgan fingerprint density at radius 3 is 2.57 bits per heavy atom. The van der Waals surface area contributed by atoms with Crippen molar-refractivity contribution in [1.29, 1.82) is 0 Å². The summed E-state index contributed by atoms with van der Waals surface area (Å²) in [6.45, 7) is 8.87. The SMILES string of the molecule is COC(=O)c1c(NC(=O)CCSc2ccc(C)cc2)sc2c1CCC(C(C)(C)C)C2. The molecule has 0 aliphatic heterocycles. The van der Waals surface area contributed by atoms with Gasteiger partial charge >= 0.3 is 5.97 Å². The zero-order chi connectivity index (χ0) is 21.9. The van der Waals surface area contributed by atoms with Crippen LogP contribution < -0.4 is 5.32 Å². The number of carbonyl (C=O) groups excluding carboxylic acids is 2. The van der Waals surface area contributed by atoms with Crippen molar-refractivity contribution < 1.29 is 14.3 Å². The fourth-order valence-corrected chi connectivity index (χ4v) is 6.00. The maximum Gasteiger partial charge on any atom is 0.341 e. The Balaban J connectivity index is 1.68. The summed E-state index contributed by atoms with van der Waals surface area (Å²) in [5, 5.41) is 3.64. The number of fused-ring (bicyclic) bond motifs is 1. The highest BCUT2D eigenvalue weighted by molar-refractivity contribution is 7.99. The summed E-state index contributed by atoms with van der Waals surface area (Å²) in [5.74, 6) is 0.847. The third kappa shape index (κ3) is 5.46. The Hall–Kier alpha value is -1.79. The molecule has 1 N–H and O–H groups in total. The standard InChI is InChI=1S/C24H31NO3S2/c1-15-6-9-17(10-7-15)29-13-12-20(26)25-22-21(23(27)28-5)18-11-8-16(24(2,3)4)14-19(18)30-22/h6-7,9-10,16H,8,11-14H2,1-5H3,(H,25,26). The van der Waals surface area contributed by atoms with Crippen molar-refractivity contribution in [2.75, 3.05) is 18.2 Å². The monoisotopic (exact) mass is 445 g/mol. The summed E-state index contributed by atoms with van der Waals surface area (Å²) in [6.07, 6.45) is 3.26. The van der Waals surface area contributed by atoms with E-state index in [1.165, 1.54) is 17.6 Å². The summed E-state index contributed by atoms with van der Waals surface area (Å²) < 4.78 is 5.04. The molecule has 2 aromatic rings. The largest absolute Gasteiger partial charge is 0.465 e. The van der Waals surface area contributed by atoms with Gasteiger partial charge in [-0.3, -0.25) is 4.79 Å².